The van der Waals surface area contributed by atoms with Crippen LogP contribution in [0.5, 0.6) is 0 Å². The van der Waals surface area contributed by atoms with Gasteiger partial charge in [-0.2, -0.15) is 0 Å². The molecule has 2 rings (SSSR count). The summed E-state index contributed by atoms with van der Waals surface area (Å²) in [6.45, 7) is 5.76. The summed E-state index contributed by atoms with van der Waals surface area (Å²) in [6, 6.07) is 8.36. The molecule has 28 heavy (non-hydrogen) atoms. The molecule has 0 unspecified atom stereocenters. The van der Waals surface area contributed by atoms with E-state index < -0.39 is 29.7 Å². The molecule has 1 aromatic carbocycles. The number of ether oxygens (including phenoxy) is 2. The number of carbonyl (C=O) groups excluding carboxylic acids is 3. The average Bonchev–Trinajstić information content (AvgIpc) is 3.13. The van der Waals surface area contributed by atoms with Crippen molar-refractivity contribution in [2.75, 3.05) is 13.7 Å². The van der Waals surface area contributed by atoms with Gasteiger partial charge in [-0.05, 0) is 52.0 Å². The molecular weight excluding hydrogens is 360 g/mol. The monoisotopic (exact) mass is 390 g/mol. The van der Waals surface area contributed by atoms with Gasteiger partial charge in [0.1, 0.15) is 17.7 Å². The predicted molar refractivity (Wildman–Crippen MR) is 105 cm³/mol. The molecule has 0 saturated carbocycles. The molecule has 1 aromatic rings. The van der Waals surface area contributed by atoms with Crippen LogP contribution in [0.3, 0.4) is 0 Å². The second-order valence-corrected chi connectivity index (χ2v) is 7.94. The Morgan fingerprint density at radius 2 is 1.89 bits per heavy atom. The maximum absolute atomic E-state index is 13.1. The quantitative estimate of drug-likeness (QED) is 0.755. The fraction of sp³-hybridized carbons (Fsp3) is 0.571. The lowest BCUT2D eigenvalue weighted by Crippen LogP contribution is -2.52. The molecule has 0 spiro atoms. The number of aryl methyl sites for hydroxylation is 1. The number of carbonyl (C=O) groups is 3. The Hall–Kier alpha value is -2.57. The second-order valence-electron chi connectivity index (χ2n) is 7.94. The van der Waals surface area contributed by atoms with E-state index in [1.54, 1.807) is 20.8 Å². The third-order valence-electron chi connectivity index (χ3n) is 4.56. The van der Waals surface area contributed by atoms with Crippen LogP contribution in [-0.4, -0.2) is 54.2 Å². The first-order valence-corrected chi connectivity index (χ1v) is 9.63. The molecule has 1 saturated heterocycles. The number of likely N-dealkylation sites (tertiary alicyclic amines) is 1. The molecule has 154 valence electrons. The standard InChI is InChI=1S/C21H30N2O5/c1-21(2,3)28-20(26)22-16(13-12-15-9-6-5-7-10-15)18(24)23-14-8-11-17(23)19(25)27-4/h5-7,9-10,16-17H,8,11-14H2,1-4H3,(H,22,26)/t16-,17+/m1/s1. The van der Waals surface area contributed by atoms with Gasteiger partial charge in [-0.1, -0.05) is 30.3 Å². The van der Waals surface area contributed by atoms with Crippen molar-refractivity contribution in [1.82, 2.24) is 10.2 Å². The third kappa shape index (κ3) is 6.25. The summed E-state index contributed by atoms with van der Waals surface area (Å²) in [5.41, 5.74) is 0.400. The van der Waals surface area contributed by atoms with E-state index in [0.717, 1.165) is 12.0 Å². The highest BCUT2D eigenvalue weighted by Gasteiger charge is 2.38. The number of hydrogen-bond acceptors (Lipinski definition) is 5. The zero-order chi connectivity index (χ0) is 20.7. The van der Waals surface area contributed by atoms with Crippen molar-refractivity contribution >= 4 is 18.0 Å². The Labute approximate surface area is 166 Å². The maximum Gasteiger partial charge on any atom is 0.408 e. The fourth-order valence-electron chi connectivity index (χ4n) is 3.27. The lowest BCUT2D eigenvalue weighted by Gasteiger charge is -2.29. The first kappa shape index (κ1) is 21.7. The van der Waals surface area contributed by atoms with Crippen LogP contribution in [0.2, 0.25) is 0 Å². The Balaban J connectivity index is 2.12. The number of esters is 1. The molecule has 7 heteroatoms. The summed E-state index contributed by atoms with van der Waals surface area (Å²) in [7, 11) is 1.31. The van der Waals surface area contributed by atoms with Gasteiger partial charge in [-0.15, -0.1) is 0 Å². The van der Waals surface area contributed by atoms with Crippen molar-refractivity contribution in [2.24, 2.45) is 0 Å². The van der Waals surface area contributed by atoms with Crippen LogP contribution in [0.1, 0.15) is 45.6 Å². The molecule has 0 bridgehead atoms. The van der Waals surface area contributed by atoms with E-state index in [9.17, 15) is 14.4 Å². The highest BCUT2D eigenvalue weighted by atomic mass is 16.6. The van der Waals surface area contributed by atoms with Crippen LogP contribution in [0.4, 0.5) is 4.79 Å². The summed E-state index contributed by atoms with van der Waals surface area (Å²) < 4.78 is 10.1. The molecule has 0 aliphatic carbocycles. The Morgan fingerprint density at radius 3 is 2.50 bits per heavy atom. The topological polar surface area (TPSA) is 84.9 Å². The van der Waals surface area contributed by atoms with Crippen LogP contribution in [0.15, 0.2) is 30.3 Å². The van der Waals surface area contributed by atoms with Crippen molar-refractivity contribution in [3.05, 3.63) is 35.9 Å². The number of rotatable bonds is 6. The van der Waals surface area contributed by atoms with Gasteiger partial charge in [0.2, 0.25) is 5.91 Å². The molecule has 1 N–H and O–H groups in total. The van der Waals surface area contributed by atoms with Crippen LogP contribution >= 0.6 is 0 Å². The van der Waals surface area contributed by atoms with Crippen molar-refractivity contribution in [1.29, 1.82) is 0 Å². The number of benzene rings is 1. The number of hydrogen-bond donors (Lipinski definition) is 1. The van der Waals surface area contributed by atoms with Crippen molar-refractivity contribution in [3.8, 4) is 0 Å². The zero-order valence-corrected chi connectivity index (χ0v) is 17.1. The Bertz CT molecular complexity index is 684. The minimum absolute atomic E-state index is 0.283. The van der Waals surface area contributed by atoms with E-state index >= 15 is 0 Å². The minimum atomic E-state index is -0.777. The lowest BCUT2D eigenvalue weighted by molar-refractivity contribution is -0.151. The van der Waals surface area contributed by atoms with E-state index in [0.29, 0.717) is 25.8 Å². The molecule has 2 atom stereocenters. The van der Waals surface area contributed by atoms with Gasteiger partial charge >= 0.3 is 12.1 Å². The Kier molecular flexibility index (Phi) is 7.43. The van der Waals surface area contributed by atoms with E-state index in [1.165, 1.54) is 12.0 Å². The van der Waals surface area contributed by atoms with Crippen molar-refractivity contribution < 1.29 is 23.9 Å². The van der Waals surface area contributed by atoms with Crippen LogP contribution in [0, 0.1) is 0 Å². The van der Waals surface area contributed by atoms with E-state index in [4.69, 9.17) is 9.47 Å². The average molecular weight is 390 g/mol. The molecule has 1 aliphatic rings. The van der Waals surface area contributed by atoms with Gasteiger partial charge < -0.3 is 19.7 Å². The van der Waals surface area contributed by atoms with Gasteiger partial charge in [0.25, 0.3) is 0 Å². The molecule has 0 radical (unpaired) electrons. The van der Waals surface area contributed by atoms with Gasteiger partial charge in [0, 0.05) is 6.54 Å². The maximum atomic E-state index is 13.1. The predicted octanol–water partition coefficient (Wildman–Crippen LogP) is 2.68. The van der Waals surface area contributed by atoms with Gasteiger partial charge in [0.05, 0.1) is 7.11 Å². The SMILES string of the molecule is COC(=O)[C@@H]1CCCN1C(=O)[C@@H](CCc1ccccc1)NC(=O)OC(C)(C)C. The van der Waals surface area contributed by atoms with Crippen LogP contribution in [0.25, 0.3) is 0 Å². The number of nitrogens with one attached hydrogen (secondary N) is 1. The molecule has 2 amide bonds. The first-order valence-electron chi connectivity index (χ1n) is 9.63. The first-order chi connectivity index (χ1) is 13.2. The van der Waals surface area contributed by atoms with E-state index in [2.05, 4.69) is 5.32 Å². The highest BCUT2D eigenvalue weighted by molar-refractivity contribution is 5.90. The van der Waals surface area contributed by atoms with Crippen molar-refractivity contribution in [3.63, 3.8) is 0 Å². The smallest absolute Gasteiger partial charge is 0.408 e. The lowest BCUT2D eigenvalue weighted by atomic mass is 10.0. The third-order valence-corrected chi connectivity index (χ3v) is 4.56. The summed E-state index contributed by atoms with van der Waals surface area (Å²) in [5, 5.41) is 2.69. The molecular formula is C21H30N2O5. The van der Waals surface area contributed by atoms with Crippen LogP contribution < -0.4 is 5.32 Å². The van der Waals surface area contributed by atoms with Gasteiger partial charge in [-0.3, -0.25) is 4.79 Å². The molecule has 0 aromatic heterocycles. The number of alkyl carbamates (subject to hydrolysis) is 1. The summed E-state index contributed by atoms with van der Waals surface area (Å²) in [5.74, 6) is -0.709. The van der Waals surface area contributed by atoms with Gasteiger partial charge in [0.15, 0.2) is 0 Å². The largest absolute Gasteiger partial charge is 0.467 e. The fourth-order valence-corrected chi connectivity index (χ4v) is 3.27. The second kappa shape index (κ2) is 9.57. The molecule has 1 heterocycles. The zero-order valence-electron chi connectivity index (χ0n) is 17.1. The summed E-state index contributed by atoms with van der Waals surface area (Å²) >= 11 is 0. The van der Waals surface area contributed by atoms with Crippen LogP contribution in [-0.2, 0) is 25.5 Å². The molecule has 1 aliphatic heterocycles. The van der Waals surface area contributed by atoms with Crippen molar-refractivity contribution in [2.45, 2.75) is 64.1 Å². The van der Waals surface area contributed by atoms with E-state index in [-0.39, 0.29) is 5.91 Å². The summed E-state index contributed by atoms with van der Waals surface area (Å²) in [6.07, 6.45) is 1.67. The van der Waals surface area contributed by atoms with Gasteiger partial charge in [-0.25, -0.2) is 9.59 Å². The number of nitrogens with zero attached hydrogens (tertiary/aromatic N) is 1. The number of methoxy groups -OCH3 is 1. The van der Waals surface area contributed by atoms with E-state index in [1.807, 2.05) is 30.3 Å². The number of amides is 2. The Morgan fingerprint density at radius 1 is 1.21 bits per heavy atom. The highest BCUT2D eigenvalue weighted by Crippen LogP contribution is 2.21. The minimum Gasteiger partial charge on any atom is -0.467 e. The molecule has 1 fully saturated rings. The normalized spacial score (nSPS) is 17.7. The molecule has 7 nitrogen and oxygen atoms in total. The summed E-state index contributed by atoms with van der Waals surface area (Å²) in [4.78, 5) is 38.9.